The number of benzene rings is 3. The highest BCUT2D eigenvalue weighted by atomic mass is 32.1. The van der Waals surface area contributed by atoms with Gasteiger partial charge in [-0.05, 0) is 61.0 Å². The number of para-hydroxylation sites is 1. The molecular weight excluding hydrogens is 528 g/mol. The minimum Gasteiger partial charge on any atom is -0.457 e. The molecule has 3 aromatic carbocycles. The van der Waals surface area contributed by atoms with Crippen molar-refractivity contribution in [2.75, 3.05) is 5.32 Å². The normalized spacial score (nSPS) is 12.1. The van der Waals surface area contributed by atoms with Crippen molar-refractivity contribution in [1.29, 1.82) is 5.26 Å². The summed E-state index contributed by atoms with van der Waals surface area (Å²) in [6.07, 6.45) is 1.54. The molecule has 1 amide bonds. The Labute approximate surface area is 231 Å². The van der Waals surface area contributed by atoms with Gasteiger partial charge < -0.3 is 9.73 Å². The first-order chi connectivity index (χ1) is 19.3. The molecular formula is C30H20N4O5S. The third-order valence-electron chi connectivity index (χ3n) is 5.93. The zero-order valence-electron chi connectivity index (χ0n) is 21.0. The molecule has 196 valence electrons. The molecule has 2 heterocycles. The number of furan rings is 1. The molecule has 5 rings (SSSR count). The highest BCUT2D eigenvalue weighted by molar-refractivity contribution is 7.07. The molecule has 0 fully saturated rings. The van der Waals surface area contributed by atoms with Crippen molar-refractivity contribution in [1.82, 2.24) is 4.57 Å². The van der Waals surface area contributed by atoms with Gasteiger partial charge in [0.25, 0.3) is 17.2 Å². The monoisotopic (exact) mass is 548 g/mol. The number of rotatable bonds is 6. The van der Waals surface area contributed by atoms with E-state index in [-0.39, 0.29) is 20.5 Å². The quantitative estimate of drug-likeness (QED) is 0.245. The van der Waals surface area contributed by atoms with Crippen LogP contribution in [-0.2, 0) is 4.79 Å². The number of hydrogen-bond donors (Lipinski definition) is 1. The maximum absolute atomic E-state index is 13.6. The van der Waals surface area contributed by atoms with Crippen LogP contribution in [0.25, 0.3) is 28.7 Å². The summed E-state index contributed by atoms with van der Waals surface area (Å²) < 4.78 is 7.66. The van der Waals surface area contributed by atoms with Crippen LogP contribution in [0.3, 0.4) is 0 Å². The van der Waals surface area contributed by atoms with Crippen molar-refractivity contribution < 1.29 is 14.1 Å². The fraction of sp³-hybridized carbons (Fsp3) is 0.0333. The van der Waals surface area contributed by atoms with Crippen LogP contribution in [-0.4, -0.2) is 15.4 Å². The summed E-state index contributed by atoms with van der Waals surface area (Å²) in [5.41, 5.74) is 1.94. The first-order valence-corrected chi connectivity index (χ1v) is 12.8. The number of thiazole rings is 1. The maximum Gasteiger partial charge on any atom is 0.273 e. The Bertz CT molecular complexity index is 1960. The van der Waals surface area contributed by atoms with Crippen molar-refractivity contribution in [2.24, 2.45) is 0 Å². The maximum atomic E-state index is 13.6. The van der Waals surface area contributed by atoms with Crippen molar-refractivity contribution in [3.05, 3.63) is 132 Å². The van der Waals surface area contributed by atoms with Gasteiger partial charge in [-0.15, -0.1) is 11.3 Å². The Kier molecular flexibility index (Phi) is 7.22. The van der Waals surface area contributed by atoms with Gasteiger partial charge in [0, 0.05) is 29.5 Å². The van der Waals surface area contributed by atoms with E-state index in [0.717, 1.165) is 16.9 Å². The van der Waals surface area contributed by atoms with Gasteiger partial charge in [-0.3, -0.25) is 24.3 Å². The largest absolute Gasteiger partial charge is 0.457 e. The third-order valence-corrected chi connectivity index (χ3v) is 7.02. The van der Waals surface area contributed by atoms with Gasteiger partial charge in [-0.2, -0.15) is 5.26 Å². The van der Waals surface area contributed by atoms with Crippen LogP contribution in [0, 0.1) is 28.4 Å². The molecule has 0 saturated heterocycles. The Morgan fingerprint density at radius 2 is 1.80 bits per heavy atom. The molecule has 40 heavy (non-hydrogen) atoms. The first-order valence-electron chi connectivity index (χ1n) is 12.0. The van der Waals surface area contributed by atoms with E-state index in [0.29, 0.717) is 28.5 Å². The average Bonchev–Trinajstić information content (AvgIpc) is 3.54. The zero-order valence-corrected chi connectivity index (χ0v) is 21.8. The third kappa shape index (κ3) is 5.36. The molecule has 0 unspecified atom stereocenters. The van der Waals surface area contributed by atoms with Crippen molar-refractivity contribution in [3.63, 3.8) is 0 Å². The van der Waals surface area contributed by atoms with Crippen LogP contribution in [0.5, 0.6) is 0 Å². The zero-order chi connectivity index (χ0) is 28.2. The number of aryl methyl sites for hydroxylation is 1. The average molecular weight is 549 g/mol. The summed E-state index contributed by atoms with van der Waals surface area (Å²) in [6, 6.07) is 27.2. The summed E-state index contributed by atoms with van der Waals surface area (Å²) in [7, 11) is 0. The van der Waals surface area contributed by atoms with E-state index >= 15 is 0 Å². The fourth-order valence-corrected chi connectivity index (χ4v) is 5.12. The molecule has 0 bridgehead atoms. The lowest BCUT2D eigenvalue weighted by atomic mass is 10.1. The van der Waals surface area contributed by atoms with Crippen molar-refractivity contribution >= 4 is 40.3 Å². The molecule has 0 atom stereocenters. The van der Waals surface area contributed by atoms with Gasteiger partial charge in [0.2, 0.25) is 0 Å². The number of nitrogens with one attached hydrogen (secondary N) is 1. The SMILES string of the molecule is Cc1cccc(NC(=O)/C(C#N)=c2\s/c(=C/c3ccc(-c4ccc([N+](=O)[O-])cc4)o3)c(=O)n2-c2ccccc2)c1. The highest BCUT2D eigenvalue weighted by Gasteiger charge is 2.18. The molecule has 0 saturated carbocycles. The lowest BCUT2D eigenvalue weighted by Crippen LogP contribution is -2.32. The van der Waals surface area contributed by atoms with Gasteiger partial charge >= 0.3 is 0 Å². The number of nitro groups is 1. The van der Waals surface area contributed by atoms with Gasteiger partial charge in [0.1, 0.15) is 22.3 Å². The van der Waals surface area contributed by atoms with Gasteiger partial charge in [0.15, 0.2) is 5.57 Å². The fourth-order valence-electron chi connectivity index (χ4n) is 4.04. The van der Waals surface area contributed by atoms with Gasteiger partial charge in [-0.25, -0.2) is 0 Å². The van der Waals surface area contributed by atoms with E-state index in [1.165, 1.54) is 22.8 Å². The summed E-state index contributed by atoms with van der Waals surface area (Å²) >= 11 is 1.00. The number of non-ortho nitro benzene ring substituents is 1. The van der Waals surface area contributed by atoms with Gasteiger partial charge in [-0.1, -0.05) is 30.3 Å². The number of amides is 1. The number of nitro benzene ring substituents is 1. The van der Waals surface area contributed by atoms with Crippen LogP contribution >= 0.6 is 11.3 Å². The minimum atomic E-state index is -0.635. The second-order valence-corrected chi connectivity index (χ2v) is 9.74. The summed E-state index contributed by atoms with van der Waals surface area (Å²) in [6.45, 7) is 1.89. The number of carbonyl (C=O) groups excluding carboxylic acids is 1. The minimum absolute atomic E-state index is 0.0364. The summed E-state index contributed by atoms with van der Waals surface area (Å²) in [5.74, 6) is 0.188. The smallest absolute Gasteiger partial charge is 0.273 e. The molecule has 0 radical (unpaired) electrons. The number of nitriles is 1. The Morgan fingerprint density at radius 1 is 1.05 bits per heavy atom. The molecule has 0 aliphatic heterocycles. The van der Waals surface area contributed by atoms with Crippen molar-refractivity contribution in [2.45, 2.75) is 6.92 Å². The number of carbonyl (C=O) groups is 1. The number of aromatic nitrogens is 1. The van der Waals surface area contributed by atoms with E-state index in [2.05, 4.69) is 5.32 Å². The lowest BCUT2D eigenvalue weighted by molar-refractivity contribution is -0.384. The number of hydrogen-bond acceptors (Lipinski definition) is 7. The second kappa shape index (κ2) is 11.1. The summed E-state index contributed by atoms with van der Waals surface area (Å²) in [4.78, 5) is 37.2. The standard InChI is InChI=1S/C30H20N4O5S/c1-19-6-5-7-21(16-19)32-28(35)25(18-31)30-33(22-8-3-2-4-9-22)29(36)27(40-30)17-24-14-15-26(39-24)20-10-12-23(13-11-20)34(37)38/h2-17H,1H3,(H,32,35)/b27-17+,30-25-. The van der Waals surface area contributed by atoms with Crippen LogP contribution in [0.1, 0.15) is 11.3 Å². The molecule has 0 spiro atoms. The molecule has 5 aromatic rings. The summed E-state index contributed by atoms with van der Waals surface area (Å²) in [5, 5.41) is 23.7. The molecule has 0 aliphatic carbocycles. The predicted octanol–water partition coefficient (Wildman–Crippen LogP) is 4.52. The Morgan fingerprint density at radius 3 is 2.48 bits per heavy atom. The van der Waals surface area contributed by atoms with E-state index in [1.807, 2.05) is 19.1 Å². The molecule has 1 N–H and O–H groups in total. The van der Waals surface area contributed by atoms with Crippen LogP contribution < -0.4 is 20.1 Å². The van der Waals surface area contributed by atoms with E-state index in [1.54, 1.807) is 72.8 Å². The van der Waals surface area contributed by atoms with Crippen LogP contribution in [0.2, 0.25) is 0 Å². The molecule has 0 aliphatic rings. The van der Waals surface area contributed by atoms with Gasteiger partial charge in [0.05, 0.1) is 15.1 Å². The van der Waals surface area contributed by atoms with E-state index in [4.69, 9.17) is 4.42 Å². The van der Waals surface area contributed by atoms with Crippen LogP contribution in [0.4, 0.5) is 11.4 Å². The molecule has 2 aromatic heterocycles. The lowest BCUT2D eigenvalue weighted by Gasteiger charge is -2.06. The molecule has 10 heteroatoms. The second-order valence-electron chi connectivity index (χ2n) is 8.71. The van der Waals surface area contributed by atoms with E-state index in [9.17, 15) is 25.0 Å². The topological polar surface area (TPSA) is 131 Å². The Hall–Kier alpha value is -5.53. The van der Waals surface area contributed by atoms with E-state index < -0.39 is 16.4 Å². The number of nitrogens with zero attached hydrogens (tertiary/aromatic N) is 3. The van der Waals surface area contributed by atoms with Crippen LogP contribution in [0.15, 0.2) is 100 Å². The molecule has 9 nitrogen and oxygen atoms in total. The first kappa shape index (κ1) is 26.1. The van der Waals surface area contributed by atoms with Crippen molar-refractivity contribution in [3.8, 4) is 23.1 Å². The number of anilines is 1. The Balaban J connectivity index is 1.62. The predicted molar refractivity (Wildman–Crippen MR) is 152 cm³/mol. The highest BCUT2D eigenvalue weighted by Crippen LogP contribution is 2.24.